The fraction of sp³-hybridized carbons (Fsp3) is 0.538. The van der Waals surface area contributed by atoms with Crippen molar-refractivity contribution < 1.29 is 8.78 Å². The maximum atomic E-state index is 13.8. The Balaban J connectivity index is 2.36. The normalized spacial score (nSPS) is 20.5. The van der Waals surface area contributed by atoms with Crippen molar-refractivity contribution in [3.63, 3.8) is 0 Å². The molecule has 1 unspecified atom stereocenters. The third-order valence-corrected chi connectivity index (χ3v) is 5.04. The first-order valence-electron chi connectivity index (χ1n) is 5.72. The topological polar surface area (TPSA) is 0 Å². The van der Waals surface area contributed by atoms with Gasteiger partial charge in [-0.15, -0.1) is 11.6 Å². The zero-order valence-corrected chi connectivity index (χ0v) is 11.9. The number of alkyl halides is 1. The first kappa shape index (κ1) is 13.3. The zero-order valence-electron chi connectivity index (χ0n) is 9.57. The van der Waals surface area contributed by atoms with Gasteiger partial charge in [0.1, 0.15) is 11.6 Å². The van der Waals surface area contributed by atoms with Crippen LogP contribution in [0, 0.1) is 17.0 Å². The average Bonchev–Trinajstić information content (AvgIpc) is 2.71. The van der Waals surface area contributed by atoms with Crippen LogP contribution in [0.3, 0.4) is 0 Å². The standard InChI is InChI=1S/C13H14BrClF2/c1-13(4-2-3-5-13)12(15)8-6-11(17)9(14)7-10(8)16/h6-7,12H,2-5H2,1H3. The van der Waals surface area contributed by atoms with Crippen LogP contribution in [0.5, 0.6) is 0 Å². The summed E-state index contributed by atoms with van der Waals surface area (Å²) in [5, 5.41) is -0.465. The number of hydrogen-bond donors (Lipinski definition) is 0. The average molecular weight is 324 g/mol. The predicted octanol–water partition coefficient (Wildman–Crippen LogP) is 5.59. The Kier molecular flexibility index (Phi) is 3.79. The Morgan fingerprint density at radius 2 is 1.82 bits per heavy atom. The molecule has 94 valence electrons. The van der Waals surface area contributed by atoms with Crippen LogP contribution >= 0.6 is 27.5 Å². The summed E-state index contributed by atoms with van der Waals surface area (Å²) in [5.41, 5.74) is 0.152. The summed E-state index contributed by atoms with van der Waals surface area (Å²) in [5.74, 6) is -0.903. The highest BCUT2D eigenvalue weighted by Crippen LogP contribution is 2.51. The molecule has 2 rings (SSSR count). The van der Waals surface area contributed by atoms with Crippen molar-refractivity contribution in [3.8, 4) is 0 Å². The molecule has 1 fully saturated rings. The summed E-state index contributed by atoms with van der Waals surface area (Å²) in [6, 6.07) is 2.36. The van der Waals surface area contributed by atoms with E-state index in [1.54, 1.807) is 0 Å². The van der Waals surface area contributed by atoms with E-state index in [9.17, 15) is 8.78 Å². The molecule has 0 spiro atoms. The maximum absolute atomic E-state index is 13.8. The Morgan fingerprint density at radius 3 is 2.41 bits per heavy atom. The molecular weight excluding hydrogens is 309 g/mol. The van der Waals surface area contributed by atoms with E-state index < -0.39 is 17.0 Å². The van der Waals surface area contributed by atoms with Gasteiger partial charge in [0.25, 0.3) is 0 Å². The zero-order chi connectivity index (χ0) is 12.6. The van der Waals surface area contributed by atoms with E-state index in [2.05, 4.69) is 22.9 Å². The van der Waals surface area contributed by atoms with Crippen LogP contribution in [-0.2, 0) is 0 Å². The number of rotatable bonds is 2. The van der Waals surface area contributed by atoms with Crippen molar-refractivity contribution >= 4 is 27.5 Å². The lowest BCUT2D eigenvalue weighted by Gasteiger charge is -2.30. The highest BCUT2D eigenvalue weighted by molar-refractivity contribution is 9.10. The van der Waals surface area contributed by atoms with Crippen molar-refractivity contribution in [1.29, 1.82) is 0 Å². The highest BCUT2D eigenvalue weighted by atomic mass is 79.9. The van der Waals surface area contributed by atoms with Gasteiger partial charge in [0, 0.05) is 5.56 Å². The van der Waals surface area contributed by atoms with Gasteiger partial charge in [-0.25, -0.2) is 8.78 Å². The molecule has 4 heteroatoms. The Hall–Kier alpha value is -0.150. The largest absolute Gasteiger partial charge is 0.207 e. The first-order valence-corrected chi connectivity index (χ1v) is 6.95. The van der Waals surface area contributed by atoms with E-state index in [0.717, 1.165) is 31.7 Å². The maximum Gasteiger partial charge on any atom is 0.137 e. The molecule has 0 N–H and O–H groups in total. The lowest BCUT2D eigenvalue weighted by Crippen LogP contribution is -2.19. The SMILES string of the molecule is CC1(C(Cl)c2cc(F)c(Br)cc2F)CCCC1. The Bertz CT molecular complexity index is 428. The molecule has 0 amide bonds. The van der Waals surface area contributed by atoms with Crippen LogP contribution in [0.15, 0.2) is 16.6 Å². The smallest absolute Gasteiger partial charge is 0.137 e. The summed E-state index contributed by atoms with van der Waals surface area (Å²) >= 11 is 9.33. The monoisotopic (exact) mass is 322 g/mol. The van der Waals surface area contributed by atoms with E-state index in [-0.39, 0.29) is 15.5 Å². The molecule has 1 saturated carbocycles. The van der Waals surface area contributed by atoms with E-state index in [1.165, 1.54) is 6.07 Å². The molecule has 0 aliphatic heterocycles. The lowest BCUT2D eigenvalue weighted by atomic mass is 9.81. The van der Waals surface area contributed by atoms with Gasteiger partial charge in [0.15, 0.2) is 0 Å². The second-order valence-electron chi connectivity index (χ2n) is 5.01. The molecule has 0 heterocycles. The Labute approximate surface area is 113 Å². The highest BCUT2D eigenvalue weighted by Gasteiger charge is 2.38. The summed E-state index contributed by atoms with van der Waals surface area (Å²) < 4.78 is 27.4. The van der Waals surface area contributed by atoms with E-state index in [0.29, 0.717) is 0 Å². The molecule has 1 aromatic carbocycles. The molecule has 0 radical (unpaired) electrons. The second kappa shape index (κ2) is 4.85. The van der Waals surface area contributed by atoms with Gasteiger partial charge in [-0.05, 0) is 46.3 Å². The number of benzene rings is 1. The van der Waals surface area contributed by atoms with Gasteiger partial charge in [0.05, 0.1) is 9.85 Å². The van der Waals surface area contributed by atoms with Crippen LogP contribution in [-0.4, -0.2) is 0 Å². The van der Waals surface area contributed by atoms with Gasteiger partial charge < -0.3 is 0 Å². The van der Waals surface area contributed by atoms with Crippen molar-refractivity contribution in [2.24, 2.45) is 5.41 Å². The van der Waals surface area contributed by atoms with Crippen LogP contribution in [0.25, 0.3) is 0 Å². The molecule has 1 aliphatic carbocycles. The minimum Gasteiger partial charge on any atom is -0.207 e. The quantitative estimate of drug-likeness (QED) is 0.492. The summed E-state index contributed by atoms with van der Waals surface area (Å²) in [7, 11) is 0. The second-order valence-corrected chi connectivity index (χ2v) is 6.30. The summed E-state index contributed by atoms with van der Waals surface area (Å²) in [6.45, 7) is 2.05. The van der Waals surface area contributed by atoms with Crippen molar-refractivity contribution in [3.05, 3.63) is 33.8 Å². The minimum atomic E-state index is -0.465. The molecular formula is C13H14BrClF2. The molecule has 0 aromatic heterocycles. The van der Waals surface area contributed by atoms with Crippen LogP contribution in [0.1, 0.15) is 43.5 Å². The minimum absolute atomic E-state index is 0.122. The van der Waals surface area contributed by atoms with Crippen LogP contribution < -0.4 is 0 Å². The summed E-state index contributed by atoms with van der Waals surface area (Å²) in [6.07, 6.45) is 4.16. The molecule has 1 aromatic rings. The molecule has 1 aliphatic rings. The molecule has 0 bridgehead atoms. The van der Waals surface area contributed by atoms with Crippen LogP contribution in [0.2, 0.25) is 0 Å². The van der Waals surface area contributed by atoms with E-state index in [4.69, 9.17) is 11.6 Å². The van der Waals surface area contributed by atoms with Gasteiger partial charge in [-0.1, -0.05) is 19.8 Å². The molecule has 1 atom stereocenters. The fourth-order valence-electron chi connectivity index (χ4n) is 2.54. The number of hydrogen-bond acceptors (Lipinski definition) is 0. The lowest BCUT2D eigenvalue weighted by molar-refractivity contribution is 0.316. The van der Waals surface area contributed by atoms with Gasteiger partial charge >= 0.3 is 0 Å². The van der Waals surface area contributed by atoms with E-state index >= 15 is 0 Å². The molecule has 0 saturated heterocycles. The molecule has 17 heavy (non-hydrogen) atoms. The molecule has 0 nitrogen and oxygen atoms in total. The third kappa shape index (κ3) is 2.50. The van der Waals surface area contributed by atoms with Gasteiger partial charge in [-0.3, -0.25) is 0 Å². The van der Waals surface area contributed by atoms with Gasteiger partial charge in [0.2, 0.25) is 0 Å². The van der Waals surface area contributed by atoms with Crippen LogP contribution in [0.4, 0.5) is 8.78 Å². The van der Waals surface area contributed by atoms with Crippen molar-refractivity contribution in [1.82, 2.24) is 0 Å². The third-order valence-electron chi connectivity index (χ3n) is 3.67. The fourth-order valence-corrected chi connectivity index (χ4v) is 3.24. The number of halogens is 4. The van der Waals surface area contributed by atoms with Crippen molar-refractivity contribution in [2.45, 2.75) is 38.0 Å². The van der Waals surface area contributed by atoms with Gasteiger partial charge in [-0.2, -0.15) is 0 Å². The summed E-state index contributed by atoms with van der Waals surface area (Å²) in [4.78, 5) is 0. The van der Waals surface area contributed by atoms with E-state index in [1.807, 2.05) is 0 Å². The Morgan fingerprint density at radius 1 is 1.24 bits per heavy atom. The van der Waals surface area contributed by atoms with Crippen molar-refractivity contribution in [2.75, 3.05) is 0 Å². The first-order chi connectivity index (χ1) is 7.94. The predicted molar refractivity (Wildman–Crippen MR) is 69.2 cm³/mol.